The molecule has 1 N–H and O–H groups in total. The molecular formula is C20H20N6O. The molecule has 0 radical (unpaired) electrons. The van der Waals surface area contributed by atoms with Crippen molar-refractivity contribution in [3.8, 4) is 22.8 Å². The summed E-state index contributed by atoms with van der Waals surface area (Å²) in [6, 6.07) is 8.40. The fourth-order valence-corrected chi connectivity index (χ4v) is 3.69. The number of aromatic nitrogens is 5. The van der Waals surface area contributed by atoms with Crippen LogP contribution in [0, 0.1) is 13.8 Å². The predicted octanol–water partition coefficient (Wildman–Crippen LogP) is 2.75. The van der Waals surface area contributed by atoms with E-state index in [0.717, 1.165) is 54.1 Å². The third-order valence-electron chi connectivity index (χ3n) is 5.04. The predicted molar refractivity (Wildman–Crippen MR) is 101 cm³/mol. The summed E-state index contributed by atoms with van der Waals surface area (Å²) in [6.45, 7) is 6.00. The summed E-state index contributed by atoms with van der Waals surface area (Å²) >= 11 is 0. The van der Waals surface area contributed by atoms with Crippen molar-refractivity contribution in [2.75, 3.05) is 13.1 Å². The minimum absolute atomic E-state index is 0.508. The summed E-state index contributed by atoms with van der Waals surface area (Å²) in [4.78, 5) is 9.21. The van der Waals surface area contributed by atoms with Crippen molar-refractivity contribution in [3.05, 3.63) is 53.0 Å². The van der Waals surface area contributed by atoms with Crippen LogP contribution in [-0.2, 0) is 12.8 Å². The molecule has 0 unspecified atom stereocenters. The SMILES string of the molecule is Cc1cc(C)n2ncc(-c3noc(-c4ccc5c(c4)CCNCC5)n3)c2n1. The number of rotatable bonds is 2. The van der Waals surface area contributed by atoms with Crippen LogP contribution in [0.15, 0.2) is 35.0 Å². The van der Waals surface area contributed by atoms with Gasteiger partial charge in [0.2, 0.25) is 5.82 Å². The number of benzene rings is 1. The molecule has 0 amide bonds. The Labute approximate surface area is 156 Å². The van der Waals surface area contributed by atoms with Crippen LogP contribution in [0.2, 0.25) is 0 Å². The highest BCUT2D eigenvalue weighted by atomic mass is 16.5. The molecule has 4 heterocycles. The first kappa shape index (κ1) is 16.1. The number of hydrogen-bond donors (Lipinski definition) is 1. The summed E-state index contributed by atoms with van der Waals surface area (Å²) in [5.41, 5.74) is 7.16. The van der Waals surface area contributed by atoms with Crippen molar-refractivity contribution in [2.45, 2.75) is 26.7 Å². The lowest BCUT2D eigenvalue weighted by atomic mass is 10.00. The van der Waals surface area contributed by atoms with Gasteiger partial charge in [-0.3, -0.25) is 0 Å². The molecule has 4 aromatic rings. The van der Waals surface area contributed by atoms with Crippen molar-refractivity contribution in [1.82, 2.24) is 30.1 Å². The molecule has 27 heavy (non-hydrogen) atoms. The topological polar surface area (TPSA) is 81.1 Å². The molecule has 7 nitrogen and oxygen atoms in total. The minimum Gasteiger partial charge on any atom is -0.334 e. The summed E-state index contributed by atoms with van der Waals surface area (Å²) in [5.74, 6) is 1.03. The van der Waals surface area contributed by atoms with E-state index in [1.54, 1.807) is 10.7 Å². The van der Waals surface area contributed by atoms with Gasteiger partial charge in [-0.2, -0.15) is 10.1 Å². The lowest BCUT2D eigenvalue weighted by Crippen LogP contribution is -2.16. The molecule has 1 aliphatic rings. The number of aryl methyl sites for hydroxylation is 2. The summed E-state index contributed by atoms with van der Waals surface area (Å²) in [5, 5.41) is 12.0. The Morgan fingerprint density at radius 3 is 2.78 bits per heavy atom. The molecule has 3 aromatic heterocycles. The van der Waals surface area contributed by atoms with Gasteiger partial charge in [0.25, 0.3) is 5.89 Å². The van der Waals surface area contributed by atoms with E-state index < -0.39 is 0 Å². The fourth-order valence-electron chi connectivity index (χ4n) is 3.69. The van der Waals surface area contributed by atoms with E-state index in [1.807, 2.05) is 19.9 Å². The molecule has 0 spiro atoms. The molecule has 0 aliphatic carbocycles. The Hall–Kier alpha value is -3.06. The van der Waals surface area contributed by atoms with Gasteiger partial charge in [-0.15, -0.1) is 0 Å². The maximum Gasteiger partial charge on any atom is 0.258 e. The van der Waals surface area contributed by atoms with E-state index in [1.165, 1.54) is 11.1 Å². The van der Waals surface area contributed by atoms with Crippen LogP contribution >= 0.6 is 0 Å². The minimum atomic E-state index is 0.508. The molecule has 0 saturated heterocycles. The Morgan fingerprint density at radius 2 is 1.89 bits per heavy atom. The Bertz CT molecular complexity index is 1140. The highest BCUT2D eigenvalue weighted by Crippen LogP contribution is 2.27. The smallest absolute Gasteiger partial charge is 0.258 e. The van der Waals surface area contributed by atoms with Gasteiger partial charge in [0.1, 0.15) is 0 Å². The van der Waals surface area contributed by atoms with Crippen LogP contribution in [0.3, 0.4) is 0 Å². The standard InChI is InChI=1S/C20H20N6O/c1-12-9-13(2)26-19(23-12)17(11-22-26)18-24-20(27-25-18)16-4-3-14-5-7-21-8-6-15(14)10-16/h3-4,9-11,21H,5-8H2,1-2H3. The number of hydrogen-bond acceptors (Lipinski definition) is 6. The highest BCUT2D eigenvalue weighted by molar-refractivity contribution is 5.73. The van der Waals surface area contributed by atoms with Gasteiger partial charge in [-0.1, -0.05) is 11.2 Å². The van der Waals surface area contributed by atoms with Crippen LogP contribution < -0.4 is 5.32 Å². The molecule has 0 fully saturated rings. The molecule has 7 heteroatoms. The first-order chi connectivity index (χ1) is 13.2. The van der Waals surface area contributed by atoms with Gasteiger partial charge in [0, 0.05) is 17.0 Å². The van der Waals surface area contributed by atoms with Gasteiger partial charge in [0.05, 0.1) is 11.8 Å². The zero-order chi connectivity index (χ0) is 18.4. The number of nitrogens with one attached hydrogen (secondary N) is 1. The zero-order valence-electron chi connectivity index (χ0n) is 15.4. The number of fused-ring (bicyclic) bond motifs is 2. The Kier molecular flexibility index (Phi) is 3.75. The van der Waals surface area contributed by atoms with E-state index in [4.69, 9.17) is 4.52 Å². The van der Waals surface area contributed by atoms with E-state index in [0.29, 0.717) is 11.7 Å². The van der Waals surface area contributed by atoms with Gasteiger partial charge >= 0.3 is 0 Å². The lowest BCUT2D eigenvalue weighted by molar-refractivity contribution is 0.432. The van der Waals surface area contributed by atoms with Crippen molar-refractivity contribution in [2.24, 2.45) is 0 Å². The van der Waals surface area contributed by atoms with E-state index in [2.05, 4.69) is 43.7 Å². The normalized spacial score (nSPS) is 14.3. The van der Waals surface area contributed by atoms with Crippen LogP contribution in [0.4, 0.5) is 0 Å². The monoisotopic (exact) mass is 360 g/mol. The van der Waals surface area contributed by atoms with E-state index in [9.17, 15) is 0 Å². The van der Waals surface area contributed by atoms with Crippen molar-refractivity contribution in [1.29, 1.82) is 0 Å². The molecule has 0 saturated carbocycles. The van der Waals surface area contributed by atoms with Crippen LogP contribution in [0.1, 0.15) is 22.5 Å². The third kappa shape index (κ3) is 2.80. The van der Waals surface area contributed by atoms with Gasteiger partial charge < -0.3 is 9.84 Å². The third-order valence-corrected chi connectivity index (χ3v) is 5.04. The van der Waals surface area contributed by atoms with Crippen molar-refractivity contribution >= 4 is 5.65 Å². The molecule has 136 valence electrons. The Morgan fingerprint density at radius 1 is 1.04 bits per heavy atom. The largest absolute Gasteiger partial charge is 0.334 e. The summed E-state index contributed by atoms with van der Waals surface area (Å²) in [7, 11) is 0. The first-order valence-corrected chi connectivity index (χ1v) is 9.18. The van der Waals surface area contributed by atoms with Crippen LogP contribution in [0.5, 0.6) is 0 Å². The molecule has 1 aliphatic heterocycles. The Balaban J connectivity index is 1.55. The quantitative estimate of drug-likeness (QED) is 0.592. The van der Waals surface area contributed by atoms with Crippen LogP contribution in [-0.4, -0.2) is 37.8 Å². The highest BCUT2D eigenvalue weighted by Gasteiger charge is 2.18. The van der Waals surface area contributed by atoms with Gasteiger partial charge in [-0.05, 0) is 69.1 Å². The van der Waals surface area contributed by atoms with E-state index >= 15 is 0 Å². The van der Waals surface area contributed by atoms with Gasteiger partial charge in [0.15, 0.2) is 5.65 Å². The second-order valence-corrected chi connectivity index (χ2v) is 6.99. The van der Waals surface area contributed by atoms with Crippen LogP contribution in [0.25, 0.3) is 28.5 Å². The molecule has 0 atom stereocenters. The summed E-state index contributed by atoms with van der Waals surface area (Å²) < 4.78 is 7.36. The number of nitrogens with zero attached hydrogens (tertiary/aromatic N) is 5. The summed E-state index contributed by atoms with van der Waals surface area (Å²) in [6.07, 6.45) is 3.81. The second kappa shape index (κ2) is 6.28. The molecule has 5 rings (SSSR count). The van der Waals surface area contributed by atoms with Crippen molar-refractivity contribution in [3.63, 3.8) is 0 Å². The molecule has 1 aromatic carbocycles. The first-order valence-electron chi connectivity index (χ1n) is 9.18. The maximum atomic E-state index is 5.56. The fraction of sp³-hybridized carbons (Fsp3) is 0.300. The average molecular weight is 360 g/mol. The zero-order valence-corrected chi connectivity index (χ0v) is 15.4. The second-order valence-electron chi connectivity index (χ2n) is 6.99. The van der Waals surface area contributed by atoms with Gasteiger partial charge in [-0.25, -0.2) is 9.50 Å². The average Bonchev–Trinajstić information content (AvgIpc) is 3.23. The molecular weight excluding hydrogens is 340 g/mol. The maximum absolute atomic E-state index is 5.56. The van der Waals surface area contributed by atoms with E-state index in [-0.39, 0.29) is 0 Å². The lowest BCUT2D eigenvalue weighted by Gasteiger charge is -2.05. The molecule has 0 bridgehead atoms. The van der Waals surface area contributed by atoms with Crippen molar-refractivity contribution < 1.29 is 4.52 Å².